The summed E-state index contributed by atoms with van der Waals surface area (Å²) in [5.74, 6) is -0.185. The summed E-state index contributed by atoms with van der Waals surface area (Å²) in [5, 5.41) is 14.5. The maximum Gasteiger partial charge on any atom is 0.274 e. The Morgan fingerprint density at radius 3 is 2.56 bits per heavy atom. The van der Waals surface area contributed by atoms with Crippen LogP contribution in [0.25, 0.3) is 17.1 Å². The third-order valence-corrected chi connectivity index (χ3v) is 6.00. The van der Waals surface area contributed by atoms with E-state index in [2.05, 4.69) is 5.10 Å². The van der Waals surface area contributed by atoms with Crippen molar-refractivity contribution in [3.63, 3.8) is 0 Å². The van der Waals surface area contributed by atoms with Gasteiger partial charge in [0, 0.05) is 37.3 Å². The number of carbonyl (C=O) groups is 1. The Bertz CT molecular complexity index is 1380. The maximum absolute atomic E-state index is 14.0. The van der Waals surface area contributed by atoms with Gasteiger partial charge in [-0.25, -0.2) is 9.07 Å². The molecule has 34 heavy (non-hydrogen) atoms. The molecule has 1 aliphatic rings. The van der Waals surface area contributed by atoms with Gasteiger partial charge in [-0.3, -0.25) is 4.79 Å². The van der Waals surface area contributed by atoms with Crippen LogP contribution in [-0.4, -0.2) is 46.8 Å². The van der Waals surface area contributed by atoms with E-state index in [9.17, 15) is 14.4 Å². The van der Waals surface area contributed by atoms with Gasteiger partial charge in [0.2, 0.25) is 0 Å². The van der Waals surface area contributed by atoms with E-state index in [0.29, 0.717) is 54.0 Å². The molecule has 0 unspecified atom stereocenters. The molecule has 0 bridgehead atoms. The number of nitriles is 1. The number of furan rings is 1. The molecule has 2 aromatic carbocycles. The van der Waals surface area contributed by atoms with E-state index in [4.69, 9.17) is 16.0 Å². The van der Waals surface area contributed by atoms with Crippen LogP contribution in [0.2, 0.25) is 5.02 Å². The standard InChI is InChI=1S/C25H19ClFN5O2/c26-17-4-1-5-18(14-17)32-23(24-8-3-13-34-24)15-21(29-32)25(33)31-11-9-30(10-12-31)22-7-2-6-20(27)19(22)16-28/h1-8,13-15H,9-12H2. The molecular formula is C25H19ClFN5O2. The highest BCUT2D eigenvalue weighted by Crippen LogP contribution is 2.27. The van der Waals surface area contributed by atoms with Crippen molar-refractivity contribution in [2.75, 3.05) is 31.1 Å². The van der Waals surface area contributed by atoms with Gasteiger partial charge >= 0.3 is 0 Å². The molecule has 9 heteroatoms. The lowest BCUT2D eigenvalue weighted by Gasteiger charge is -2.36. The van der Waals surface area contributed by atoms with E-state index < -0.39 is 5.82 Å². The third kappa shape index (κ3) is 4.02. The minimum absolute atomic E-state index is 0.0191. The average molecular weight is 476 g/mol. The minimum atomic E-state index is -0.546. The van der Waals surface area contributed by atoms with Gasteiger partial charge in [0.1, 0.15) is 23.1 Å². The summed E-state index contributed by atoms with van der Waals surface area (Å²) < 4.78 is 21.2. The Morgan fingerprint density at radius 2 is 1.85 bits per heavy atom. The molecule has 0 saturated carbocycles. The van der Waals surface area contributed by atoms with Crippen LogP contribution < -0.4 is 4.90 Å². The van der Waals surface area contributed by atoms with E-state index in [0.717, 1.165) is 0 Å². The molecule has 1 aliphatic heterocycles. The second-order valence-corrected chi connectivity index (χ2v) is 8.25. The molecule has 7 nitrogen and oxygen atoms in total. The van der Waals surface area contributed by atoms with Gasteiger partial charge in [0.25, 0.3) is 5.91 Å². The summed E-state index contributed by atoms with van der Waals surface area (Å²) >= 11 is 6.17. The van der Waals surface area contributed by atoms with Crippen molar-refractivity contribution in [2.24, 2.45) is 0 Å². The summed E-state index contributed by atoms with van der Waals surface area (Å²) in [6.07, 6.45) is 1.56. The van der Waals surface area contributed by atoms with Crippen molar-refractivity contribution < 1.29 is 13.6 Å². The van der Waals surface area contributed by atoms with Crippen LogP contribution in [0.1, 0.15) is 16.1 Å². The summed E-state index contributed by atoms with van der Waals surface area (Å²) in [7, 11) is 0. The fourth-order valence-electron chi connectivity index (χ4n) is 4.09. The molecule has 1 amide bonds. The topological polar surface area (TPSA) is 78.3 Å². The van der Waals surface area contributed by atoms with E-state index in [-0.39, 0.29) is 17.2 Å². The first-order chi connectivity index (χ1) is 16.5. The van der Waals surface area contributed by atoms with Crippen LogP contribution >= 0.6 is 11.6 Å². The van der Waals surface area contributed by atoms with E-state index in [1.807, 2.05) is 23.1 Å². The van der Waals surface area contributed by atoms with E-state index in [1.54, 1.807) is 58.3 Å². The predicted molar refractivity (Wildman–Crippen MR) is 126 cm³/mol. The van der Waals surface area contributed by atoms with Gasteiger partial charge in [-0.2, -0.15) is 10.4 Å². The number of piperazine rings is 1. The van der Waals surface area contributed by atoms with Crippen molar-refractivity contribution >= 4 is 23.2 Å². The Morgan fingerprint density at radius 1 is 1.06 bits per heavy atom. The van der Waals surface area contributed by atoms with E-state index >= 15 is 0 Å². The molecule has 0 spiro atoms. The summed E-state index contributed by atoms with van der Waals surface area (Å²) in [6, 6.07) is 19.0. The van der Waals surface area contributed by atoms with Gasteiger partial charge in [-0.1, -0.05) is 23.7 Å². The average Bonchev–Trinajstić information content (AvgIpc) is 3.54. The summed E-state index contributed by atoms with van der Waals surface area (Å²) in [6.45, 7) is 1.79. The van der Waals surface area contributed by atoms with Crippen molar-refractivity contribution in [1.29, 1.82) is 5.26 Å². The summed E-state index contributed by atoms with van der Waals surface area (Å²) in [4.78, 5) is 16.9. The first-order valence-corrected chi connectivity index (χ1v) is 11.1. The number of hydrogen-bond donors (Lipinski definition) is 0. The quantitative estimate of drug-likeness (QED) is 0.425. The Labute approximate surface area is 200 Å². The number of benzene rings is 2. The van der Waals surface area contributed by atoms with Crippen molar-refractivity contribution in [2.45, 2.75) is 0 Å². The van der Waals surface area contributed by atoms with Crippen molar-refractivity contribution in [3.05, 3.63) is 89.0 Å². The fourth-order valence-corrected chi connectivity index (χ4v) is 4.27. The molecule has 1 saturated heterocycles. The zero-order valence-electron chi connectivity index (χ0n) is 18.0. The predicted octanol–water partition coefficient (Wildman–Crippen LogP) is 4.76. The zero-order valence-corrected chi connectivity index (χ0v) is 18.7. The number of anilines is 1. The molecular weight excluding hydrogens is 457 g/mol. The number of rotatable bonds is 4. The number of amides is 1. The molecule has 2 aromatic heterocycles. The third-order valence-electron chi connectivity index (χ3n) is 5.77. The Balaban J connectivity index is 1.39. The molecule has 0 N–H and O–H groups in total. The molecule has 1 fully saturated rings. The summed E-state index contributed by atoms with van der Waals surface area (Å²) in [5.41, 5.74) is 2.18. The minimum Gasteiger partial charge on any atom is -0.463 e. The second-order valence-electron chi connectivity index (χ2n) is 7.81. The molecule has 170 valence electrons. The number of nitrogens with zero attached hydrogens (tertiary/aromatic N) is 5. The zero-order chi connectivity index (χ0) is 23.7. The smallest absolute Gasteiger partial charge is 0.274 e. The van der Waals surface area contributed by atoms with Gasteiger partial charge in [0.15, 0.2) is 11.5 Å². The lowest BCUT2D eigenvalue weighted by Crippen LogP contribution is -2.49. The number of carbonyl (C=O) groups excluding carboxylic acids is 1. The van der Waals surface area contributed by atoms with Crippen molar-refractivity contribution in [1.82, 2.24) is 14.7 Å². The largest absolute Gasteiger partial charge is 0.463 e. The highest BCUT2D eigenvalue weighted by molar-refractivity contribution is 6.30. The lowest BCUT2D eigenvalue weighted by atomic mass is 10.1. The number of hydrogen-bond acceptors (Lipinski definition) is 5. The van der Waals surface area contributed by atoms with Gasteiger partial charge in [0.05, 0.1) is 17.6 Å². The van der Waals surface area contributed by atoms with Gasteiger partial charge in [-0.05, 0) is 42.5 Å². The fraction of sp³-hybridized carbons (Fsp3) is 0.160. The molecule has 0 atom stereocenters. The highest BCUT2D eigenvalue weighted by atomic mass is 35.5. The van der Waals surface area contributed by atoms with Crippen LogP contribution in [0.4, 0.5) is 10.1 Å². The second kappa shape index (κ2) is 9.04. The molecule has 5 rings (SSSR count). The van der Waals surface area contributed by atoms with E-state index in [1.165, 1.54) is 6.07 Å². The number of aromatic nitrogens is 2. The highest BCUT2D eigenvalue weighted by Gasteiger charge is 2.27. The number of halogens is 2. The first-order valence-electron chi connectivity index (χ1n) is 10.7. The van der Waals surface area contributed by atoms with Crippen LogP contribution in [0.3, 0.4) is 0 Å². The van der Waals surface area contributed by atoms with Crippen LogP contribution in [0.15, 0.2) is 71.3 Å². The van der Waals surface area contributed by atoms with Crippen molar-refractivity contribution in [3.8, 4) is 23.2 Å². The lowest BCUT2D eigenvalue weighted by molar-refractivity contribution is 0.0740. The van der Waals surface area contributed by atoms with Gasteiger partial charge < -0.3 is 14.2 Å². The molecule has 3 heterocycles. The van der Waals surface area contributed by atoms with Crippen LogP contribution in [0.5, 0.6) is 0 Å². The SMILES string of the molecule is N#Cc1c(F)cccc1N1CCN(C(=O)c2cc(-c3ccco3)n(-c3cccc(Cl)c3)n2)CC1. The van der Waals surface area contributed by atoms with Crippen LogP contribution in [-0.2, 0) is 0 Å². The normalized spacial score (nSPS) is 13.7. The van der Waals surface area contributed by atoms with Crippen LogP contribution in [0, 0.1) is 17.1 Å². The van der Waals surface area contributed by atoms with Gasteiger partial charge in [-0.15, -0.1) is 0 Å². The maximum atomic E-state index is 14.0. The molecule has 4 aromatic rings. The molecule has 0 radical (unpaired) electrons. The molecule has 0 aliphatic carbocycles. The Hall–Kier alpha value is -4.09. The monoisotopic (exact) mass is 475 g/mol. The first kappa shape index (κ1) is 21.7. The Kier molecular flexibility index (Phi) is 5.78.